The first-order chi connectivity index (χ1) is 11.6. The monoisotopic (exact) mass is 369 g/mol. The van der Waals surface area contributed by atoms with E-state index in [1.165, 1.54) is 4.88 Å². The Balaban J connectivity index is 1.67. The van der Waals surface area contributed by atoms with Gasteiger partial charge in [0.1, 0.15) is 0 Å². The molecule has 2 heterocycles. The second kappa shape index (κ2) is 10.1. The van der Waals surface area contributed by atoms with Crippen LogP contribution in [0.15, 0.2) is 17.5 Å². The van der Waals surface area contributed by atoms with Crippen molar-refractivity contribution in [3.63, 3.8) is 0 Å². The Labute approximate surface area is 152 Å². The number of nitrogens with zero attached hydrogens (tertiary/aromatic N) is 1. The molecule has 1 fully saturated rings. The molecule has 5 nitrogen and oxygen atoms in total. The SMILES string of the molecule is CSCC[C@H](N)C(=O)N1CCC(C(=O)NCCc2cccs2)CC1. The summed E-state index contributed by atoms with van der Waals surface area (Å²) in [7, 11) is 0. The summed E-state index contributed by atoms with van der Waals surface area (Å²) in [6, 6.07) is 3.70. The molecule has 2 rings (SSSR count). The number of thioether (sulfide) groups is 1. The first kappa shape index (κ1) is 19.3. The molecule has 7 heteroatoms. The Morgan fingerprint density at radius 2 is 2.21 bits per heavy atom. The summed E-state index contributed by atoms with van der Waals surface area (Å²) in [5.74, 6) is 1.06. The first-order valence-corrected chi connectivity index (χ1v) is 10.7. The number of piperidine rings is 1. The van der Waals surface area contributed by atoms with Gasteiger partial charge in [-0.2, -0.15) is 11.8 Å². The summed E-state index contributed by atoms with van der Waals surface area (Å²) in [6.45, 7) is 1.95. The van der Waals surface area contributed by atoms with Crippen LogP contribution in [0, 0.1) is 5.92 Å². The van der Waals surface area contributed by atoms with Crippen LogP contribution in [0.4, 0.5) is 0 Å². The fourth-order valence-electron chi connectivity index (χ4n) is 2.87. The minimum Gasteiger partial charge on any atom is -0.355 e. The van der Waals surface area contributed by atoms with Gasteiger partial charge in [0.2, 0.25) is 11.8 Å². The van der Waals surface area contributed by atoms with E-state index in [0.29, 0.717) is 26.1 Å². The minimum absolute atomic E-state index is 0.0137. The Hall–Kier alpha value is -1.05. The van der Waals surface area contributed by atoms with Crippen molar-refractivity contribution < 1.29 is 9.59 Å². The normalized spacial score (nSPS) is 16.8. The lowest BCUT2D eigenvalue weighted by Gasteiger charge is -2.33. The van der Waals surface area contributed by atoms with Gasteiger partial charge in [-0.05, 0) is 49.1 Å². The third kappa shape index (κ3) is 5.79. The minimum atomic E-state index is -0.409. The van der Waals surface area contributed by atoms with Gasteiger partial charge in [0.25, 0.3) is 0 Å². The number of thiophene rings is 1. The Bertz CT molecular complexity index is 514. The molecule has 3 N–H and O–H groups in total. The van der Waals surface area contributed by atoms with Gasteiger partial charge in [-0.3, -0.25) is 9.59 Å². The predicted octanol–water partition coefficient (Wildman–Crippen LogP) is 1.73. The number of hydrogen-bond acceptors (Lipinski definition) is 5. The van der Waals surface area contributed by atoms with Gasteiger partial charge < -0.3 is 16.0 Å². The molecule has 0 saturated carbocycles. The number of nitrogens with one attached hydrogen (secondary N) is 1. The summed E-state index contributed by atoms with van der Waals surface area (Å²) >= 11 is 3.41. The predicted molar refractivity (Wildman–Crippen MR) is 101 cm³/mol. The standard InChI is InChI=1S/C17H27N3O2S2/c1-23-12-7-15(18)17(22)20-9-5-13(6-10-20)16(21)19-8-4-14-3-2-11-24-14/h2-3,11,13,15H,4-10,12,18H2,1H3,(H,19,21)/t15-/m0/s1. The van der Waals surface area contributed by atoms with Gasteiger partial charge >= 0.3 is 0 Å². The average molecular weight is 370 g/mol. The highest BCUT2D eigenvalue weighted by molar-refractivity contribution is 7.98. The molecule has 1 aromatic heterocycles. The van der Waals surface area contributed by atoms with E-state index >= 15 is 0 Å². The maximum Gasteiger partial charge on any atom is 0.239 e. The lowest BCUT2D eigenvalue weighted by atomic mass is 9.95. The molecule has 1 aliphatic rings. The molecular formula is C17H27N3O2S2. The van der Waals surface area contributed by atoms with Crippen LogP contribution in [-0.2, 0) is 16.0 Å². The largest absolute Gasteiger partial charge is 0.355 e. The van der Waals surface area contributed by atoms with Crippen LogP contribution >= 0.6 is 23.1 Å². The van der Waals surface area contributed by atoms with Crippen molar-refractivity contribution in [3.05, 3.63) is 22.4 Å². The molecule has 1 aromatic rings. The summed E-state index contributed by atoms with van der Waals surface area (Å²) < 4.78 is 0. The maximum atomic E-state index is 12.3. The summed E-state index contributed by atoms with van der Waals surface area (Å²) in [4.78, 5) is 27.6. The van der Waals surface area contributed by atoms with E-state index in [1.54, 1.807) is 23.1 Å². The lowest BCUT2D eigenvalue weighted by Crippen LogP contribution is -2.49. The second-order valence-corrected chi connectivity index (χ2v) is 8.13. The topological polar surface area (TPSA) is 75.4 Å². The zero-order chi connectivity index (χ0) is 17.4. The van der Waals surface area contributed by atoms with Crippen LogP contribution in [0.3, 0.4) is 0 Å². The van der Waals surface area contributed by atoms with Crippen LogP contribution < -0.4 is 11.1 Å². The number of amides is 2. The van der Waals surface area contributed by atoms with Crippen molar-refractivity contribution in [1.29, 1.82) is 0 Å². The van der Waals surface area contributed by atoms with E-state index in [0.717, 1.165) is 25.0 Å². The fourth-order valence-corrected chi connectivity index (χ4v) is 4.07. The molecule has 1 saturated heterocycles. The van der Waals surface area contributed by atoms with Gasteiger partial charge in [-0.15, -0.1) is 11.3 Å². The molecule has 1 atom stereocenters. The van der Waals surface area contributed by atoms with Crippen LogP contribution in [0.1, 0.15) is 24.1 Å². The molecule has 0 bridgehead atoms. The molecule has 0 unspecified atom stereocenters. The third-order valence-electron chi connectivity index (χ3n) is 4.38. The van der Waals surface area contributed by atoms with Gasteiger partial charge in [-0.1, -0.05) is 6.07 Å². The van der Waals surface area contributed by atoms with Crippen molar-refractivity contribution in [3.8, 4) is 0 Å². The quantitative estimate of drug-likeness (QED) is 0.732. The molecule has 2 amide bonds. The zero-order valence-electron chi connectivity index (χ0n) is 14.2. The summed E-state index contributed by atoms with van der Waals surface area (Å²) in [5, 5.41) is 5.07. The lowest BCUT2D eigenvalue weighted by molar-refractivity contribution is -0.136. The van der Waals surface area contributed by atoms with E-state index in [9.17, 15) is 9.59 Å². The van der Waals surface area contributed by atoms with Crippen LogP contribution in [0.2, 0.25) is 0 Å². The van der Waals surface area contributed by atoms with Crippen LogP contribution in [0.25, 0.3) is 0 Å². The number of hydrogen-bond donors (Lipinski definition) is 2. The molecule has 0 radical (unpaired) electrons. The van der Waals surface area contributed by atoms with Crippen molar-refractivity contribution in [1.82, 2.24) is 10.2 Å². The number of carbonyl (C=O) groups excluding carboxylic acids is 2. The van der Waals surface area contributed by atoms with E-state index in [-0.39, 0.29) is 17.7 Å². The molecule has 134 valence electrons. The number of carbonyl (C=O) groups is 2. The van der Waals surface area contributed by atoms with E-state index in [4.69, 9.17) is 5.73 Å². The van der Waals surface area contributed by atoms with E-state index in [2.05, 4.69) is 11.4 Å². The molecule has 24 heavy (non-hydrogen) atoms. The van der Waals surface area contributed by atoms with Crippen LogP contribution in [-0.4, -0.2) is 54.4 Å². The Kier molecular flexibility index (Phi) is 8.08. The van der Waals surface area contributed by atoms with Crippen molar-refractivity contribution >= 4 is 34.9 Å². The van der Waals surface area contributed by atoms with Gasteiger partial charge in [0.15, 0.2) is 0 Å². The van der Waals surface area contributed by atoms with E-state index in [1.807, 2.05) is 22.6 Å². The maximum absolute atomic E-state index is 12.3. The molecule has 0 aliphatic carbocycles. The van der Waals surface area contributed by atoms with Gasteiger partial charge in [-0.25, -0.2) is 0 Å². The highest BCUT2D eigenvalue weighted by Gasteiger charge is 2.29. The first-order valence-electron chi connectivity index (χ1n) is 8.45. The van der Waals surface area contributed by atoms with Crippen molar-refractivity contribution in [2.45, 2.75) is 31.7 Å². The van der Waals surface area contributed by atoms with E-state index < -0.39 is 6.04 Å². The summed E-state index contributed by atoms with van der Waals surface area (Å²) in [5.41, 5.74) is 5.96. The van der Waals surface area contributed by atoms with Crippen LogP contribution in [0.5, 0.6) is 0 Å². The molecule has 0 aromatic carbocycles. The van der Waals surface area contributed by atoms with Gasteiger partial charge in [0, 0.05) is 30.4 Å². The highest BCUT2D eigenvalue weighted by atomic mass is 32.2. The number of likely N-dealkylation sites (tertiary alicyclic amines) is 1. The Morgan fingerprint density at radius 1 is 1.46 bits per heavy atom. The second-order valence-electron chi connectivity index (χ2n) is 6.11. The smallest absolute Gasteiger partial charge is 0.239 e. The average Bonchev–Trinajstić information content (AvgIpc) is 3.12. The third-order valence-corrected chi connectivity index (χ3v) is 5.96. The Morgan fingerprint density at radius 3 is 2.83 bits per heavy atom. The van der Waals surface area contributed by atoms with Crippen molar-refractivity contribution in [2.75, 3.05) is 31.6 Å². The zero-order valence-corrected chi connectivity index (χ0v) is 15.8. The fraction of sp³-hybridized carbons (Fsp3) is 0.647. The van der Waals surface area contributed by atoms with Gasteiger partial charge in [0.05, 0.1) is 6.04 Å². The number of rotatable bonds is 8. The number of nitrogens with two attached hydrogens (primary N) is 1. The molecular weight excluding hydrogens is 342 g/mol. The molecule has 1 aliphatic heterocycles. The molecule has 0 spiro atoms. The highest BCUT2D eigenvalue weighted by Crippen LogP contribution is 2.18. The van der Waals surface area contributed by atoms with Crippen molar-refractivity contribution in [2.24, 2.45) is 11.7 Å². The summed E-state index contributed by atoms with van der Waals surface area (Å²) in [6.07, 6.45) is 5.06.